The summed E-state index contributed by atoms with van der Waals surface area (Å²) in [4.78, 5) is 0. The number of hydrogen-bond acceptors (Lipinski definition) is 0. The van der Waals surface area contributed by atoms with E-state index < -0.39 is 0 Å². The molecule has 0 heteroatoms. The summed E-state index contributed by atoms with van der Waals surface area (Å²) in [6, 6.07) is 0. The van der Waals surface area contributed by atoms with Gasteiger partial charge in [0.05, 0.1) is 0 Å². The fourth-order valence-electron chi connectivity index (χ4n) is 3.61. The number of hydrogen-bond donors (Lipinski definition) is 0. The molecule has 0 N–H and O–H groups in total. The van der Waals surface area contributed by atoms with Gasteiger partial charge in [-0.3, -0.25) is 0 Å². The lowest BCUT2D eigenvalue weighted by Gasteiger charge is -2.39. The van der Waals surface area contributed by atoms with Crippen molar-refractivity contribution in [2.24, 2.45) is 29.6 Å². The Balaban J connectivity index is 1.69. The van der Waals surface area contributed by atoms with E-state index >= 15 is 0 Å². The van der Waals surface area contributed by atoms with Gasteiger partial charge in [0, 0.05) is 0 Å². The highest BCUT2D eigenvalue weighted by Crippen LogP contribution is 2.61. The quantitative estimate of drug-likeness (QED) is 0.539. The third-order valence-electron chi connectivity index (χ3n) is 4.63. The lowest BCUT2D eigenvalue weighted by atomic mass is 9.66. The van der Waals surface area contributed by atoms with Crippen LogP contribution in [0.3, 0.4) is 0 Å². The maximum absolute atomic E-state index is 2.46. The molecule has 3 saturated carbocycles. The van der Waals surface area contributed by atoms with Gasteiger partial charge in [-0.1, -0.05) is 13.3 Å². The van der Waals surface area contributed by atoms with Crippen LogP contribution < -0.4 is 0 Å². The molecular formula is C11H18. The molecule has 0 aromatic heterocycles. The highest BCUT2D eigenvalue weighted by Gasteiger charge is 2.52. The Morgan fingerprint density at radius 3 is 2.00 bits per heavy atom. The molecule has 11 heavy (non-hydrogen) atoms. The molecule has 0 spiro atoms. The molecule has 3 aliphatic carbocycles. The Morgan fingerprint density at radius 2 is 1.64 bits per heavy atom. The van der Waals surface area contributed by atoms with Crippen LogP contribution >= 0.6 is 0 Å². The van der Waals surface area contributed by atoms with Crippen LogP contribution in [0.4, 0.5) is 0 Å². The van der Waals surface area contributed by atoms with Crippen molar-refractivity contribution in [2.75, 3.05) is 0 Å². The maximum Gasteiger partial charge on any atom is -0.0352 e. The van der Waals surface area contributed by atoms with E-state index in [4.69, 9.17) is 0 Å². The van der Waals surface area contributed by atoms with Crippen molar-refractivity contribution in [3.63, 3.8) is 0 Å². The van der Waals surface area contributed by atoms with Crippen LogP contribution in [0.25, 0.3) is 0 Å². The molecule has 3 rings (SSSR count). The first-order valence-electron chi connectivity index (χ1n) is 5.36. The summed E-state index contributed by atoms with van der Waals surface area (Å²) in [5.74, 6) is 5.84. The van der Waals surface area contributed by atoms with Gasteiger partial charge in [0.1, 0.15) is 0 Å². The van der Waals surface area contributed by atoms with Gasteiger partial charge in [0.25, 0.3) is 0 Å². The monoisotopic (exact) mass is 150 g/mol. The highest BCUT2D eigenvalue weighted by molar-refractivity contribution is 5.02. The third-order valence-corrected chi connectivity index (χ3v) is 4.63. The zero-order valence-corrected chi connectivity index (χ0v) is 7.42. The molecule has 0 saturated heterocycles. The second kappa shape index (κ2) is 2.02. The Labute approximate surface area is 69.4 Å². The van der Waals surface area contributed by atoms with Gasteiger partial charge >= 0.3 is 0 Å². The summed E-state index contributed by atoms with van der Waals surface area (Å²) in [7, 11) is 0. The Bertz CT molecular complexity index is 173. The second-order valence-electron chi connectivity index (χ2n) is 5.12. The summed E-state index contributed by atoms with van der Waals surface area (Å²) >= 11 is 0. The van der Waals surface area contributed by atoms with Crippen molar-refractivity contribution in [1.29, 1.82) is 0 Å². The van der Waals surface area contributed by atoms with Crippen LogP contribution in [0.2, 0.25) is 0 Å². The fourth-order valence-corrected chi connectivity index (χ4v) is 3.61. The number of rotatable bonds is 1. The van der Waals surface area contributed by atoms with Gasteiger partial charge in [-0.15, -0.1) is 0 Å². The van der Waals surface area contributed by atoms with E-state index in [2.05, 4.69) is 6.92 Å². The van der Waals surface area contributed by atoms with Crippen LogP contribution in [-0.2, 0) is 0 Å². The SMILES string of the molecule is CC1CCC1C1CCC2CC21. The average molecular weight is 150 g/mol. The van der Waals surface area contributed by atoms with Gasteiger partial charge in [-0.2, -0.15) is 0 Å². The molecule has 0 aromatic carbocycles. The lowest BCUT2D eigenvalue weighted by molar-refractivity contribution is 0.108. The molecule has 0 aliphatic heterocycles. The Kier molecular flexibility index (Phi) is 1.20. The van der Waals surface area contributed by atoms with E-state index in [1.54, 1.807) is 25.7 Å². The maximum atomic E-state index is 2.46. The first kappa shape index (κ1) is 6.51. The molecule has 0 radical (unpaired) electrons. The molecule has 3 fully saturated rings. The minimum absolute atomic E-state index is 1.08. The minimum Gasteiger partial charge on any atom is -0.0622 e. The highest BCUT2D eigenvalue weighted by atomic mass is 14.6. The Morgan fingerprint density at radius 1 is 0.818 bits per heavy atom. The first-order chi connectivity index (χ1) is 5.36. The van der Waals surface area contributed by atoms with Crippen molar-refractivity contribution in [1.82, 2.24) is 0 Å². The smallest absolute Gasteiger partial charge is 0.0352 e. The molecule has 0 bridgehead atoms. The number of fused-ring (bicyclic) bond motifs is 1. The zero-order valence-electron chi connectivity index (χ0n) is 7.42. The van der Waals surface area contributed by atoms with Gasteiger partial charge in [-0.25, -0.2) is 0 Å². The van der Waals surface area contributed by atoms with Gasteiger partial charge < -0.3 is 0 Å². The van der Waals surface area contributed by atoms with Crippen molar-refractivity contribution in [2.45, 2.75) is 39.0 Å². The first-order valence-corrected chi connectivity index (χ1v) is 5.36. The Hall–Kier alpha value is 0. The molecule has 5 atom stereocenters. The molecule has 3 aliphatic rings. The fraction of sp³-hybridized carbons (Fsp3) is 1.00. The summed E-state index contributed by atoms with van der Waals surface area (Å²) in [5, 5.41) is 0. The van der Waals surface area contributed by atoms with Crippen LogP contribution in [0.1, 0.15) is 39.0 Å². The van der Waals surface area contributed by atoms with Crippen molar-refractivity contribution < 1.29 is 0 Å². The van der Waals surface area contributed by atoms with Gasteiger partial charge in [0.15, 0.2) is 0 Å². The van der Waals surface area contributed by atoms with Crippen LogP contribution in [0, 0.1) is 29.6 Å². The molecule has 5 unspecified atom stereocenters. The largest absolute Gasteiger partial charge is 0.0622 e. The average Bonchev–Trinajstić information content (AvgIpc) is 2.67. The lowest BCUT2D eigenvalue weighted by Crippen LogP contribution is -2.30. The van der Waals surface area contributed by atoms with E-state index in [1.807, 2.05) is 0 Å². The van der Waals surface area contributed by atoms with E-state index in [-0.39, 0.29) is 0 Å². The summed E-state index contributed by atoms with van der Waals surface area (Å²) in [5.41, 5.74) is 0. The summed E-state index contributed by atoms with van der Waals surface area (Å²) < 4.78 is 0. The van der Waals surface area contributed by atoms with Gasteiger partial charge in [0.2, 0.25) is 0 Å². The molecule has 0 heterocycles. The minimum atomic E-state index is 1.08. The van der Waals surface area contributed by atoms with E-state index in [0.717, 1.165) is 11.8 Å². The normalized spacial score (nSPS) is 60.3. The second-order valence-corrected chi connectivity index (χ2v) is 5.12. The molecule has 0 nitrogen and oxygen atoms in total. The molecule has 0 amide bonds. The molecule has 0 aromatic rings. The van der Waals surface area contributed by atoms with E-state index in [0.29, 0.717) is 0 Å². The van der Waals surface area contributed by atoms with Crippen molar-refractivity contribution in [3.8, 4) is 0 Å². The zero-order chi connectivity index (χ0) is 7.42. The molecular weight excluding hydrogens is 132 g/mol. The summed E-state index contributed by atoms with van der Waals surface area (Å²) in [6.45, 7) is 2.46. The van der Waals surface area contributed by atoms with Crippen molar-refractivity contribution >= 4 is 0 Å². The van der Waals surface area contributed by atoms with Crippen molar-refractivity contribution in [3.05, 3.63) is 0 Å². The van der Waals surface area contributed by atoms with E-state index in [1.165, 1.54) is 24.2 Å². The predicted octanol–water partition coefficient (Wildman–Crippen LogP) is 3.08. The van der Waals surface area contributed by atoms with Crippen LogP contribution in [0.15, 0.2) is 0 Å². The van der Waals surface area contributed by atoms with Crippen LogP contribution in [-0.4, -0.2) is 0 Å². The van der Waals surface area contributed by atoms with E-state index in [9.17, 15) is 0 Å². The van der Waals surface area contributed by atoms with Gasteiger partial charge in [-0.05, 0) is 55.3 Å². The van der Waals surface area contributed by atoms with Crippen LogP contribution in [0.5, 0.6) is 0 Å². The topological polar surface area (TPSA) is 0 Å². The molecule has 62 valence electrons. The predicted molar refractivity (Wildman–Crippen MR) is 46.2 cm³/mol. The summed E-state index contributed by atoms with van der Waals surface area (Å²) in [6.07, 6.45) is 7.87. The standard InChI is InChI=1S/C11H18/c1-7-2-4-9(7)10-5-3-8-6-11(8)10/h7-11H,2-6H2,1H3. The third kappa shape index (κ3) is 0.816.